The Morgan fingerprint density at radius 2 is 2.23 bits per heavy atom. The lowest BCUT2D eigenvalue weighted by atomic mass is 10.3. The lowest BCUT2D eigenvalue weighted by Gasteiger charge is -1.97. The molecule has 0 aliphatic heterocycles. The summed E-state index contributed by atoms with van der Waals surface area (Å²) in [6, 6.07) is 7.91. The predicted octanol–water partition coefficient (Wildman–Crippen LogP) is 3.37. The van der Waals surface area contributed by atoms with E-state index in [1.165, 1.54) is 17.4 Å². The predicted molar refractivity (Wildman–Crippen MR) is 87.1 cm³/mol. The third kappa shape index (κ3) is 2.78. The van der Waals surface area contributed by atoms with Crippen LogP contribution in [0.4, 0.5) is 0 Å². The lowest BCUT2D eigenvalue weighted by Crippen LogP contribution is -1.98. The molecule has 5 nitrogen and oxygen atoms in total. The molecule has 0 fully saturated rings. The van der Waals surface area contributed by atoms with Gasteiger partial charge in [0, 0.05) is 6.08 Å². The molecule has 2 aromatic heterocycles. The molecule has 0 atom stereocenters. The Kier molecular flexibility index (Phi) is 4.02. The standard InChI is InChI=1S/C16H15N3O2S/c1-3-21-15(20)9-8-14-11(2)18-16(22-14)19-10-17-12-6-4-5-7-13(12)19/h4-10H,3H2,1-2H3. The van der Waals surface area contributed by atoms with Crippen LogP contribution in [0.1, 0.15) is 17.5 Å². The van der Waals surface area contributed by atoms with Crippen molar-refractivity contribution in [2.75, 3.05) is 6.61 Å². The van der Waals surface area contributed by atoms with E-state index in [1.54, 1.807) is 19.3 Å². The molecule has 2 heterocycles. The molecule has 0 N–H and O–H groups in total. The number of hydrogen-bond donors (Lipinski definition) is 0. The molecule has 0 radical (unpaired) electrons. The summed E-state index contributed by atoms with van der Waals surface area (Å²) < 4.78 is 6.84. The Morgan fingerprint density at radius 1 is 1.41 bits per heavy atom. The van der Waals surface area contributed by atoms with E-state index >= 15 is 0 Å². The average molecular weight is 313 g/mol. The van der Waals surface area contributed by atoms with Crippen LogP contribution in [0.5, 0.6) is 0 Å². The fraction of sp³-hybridized carbons (Fsp3) is 0.188. The number of benzene rings is 1. The van der Waals surface area contributed by atoms with Gasteiger partial charge in [0.15, 0.2) is 5.13 Å². The first kappa shape index (κ1) is 14.5. The van der Waals surface area contributed by atoms with E-state index in [1.807, 2.05) is 35.8 Å². The quantitative estimate of drug-likeness (QED) is 0.547. The third-order valence-electron chi connectivity index (χ3n) is 3.14. The van der Waals surface area contributed by atoms with Crippen LogP contribution >= 0.6 is 11.3 Å². The fourth-order valence-corrected chi connectivity index (χ4v) is 3.05. The highest BCUT2D eigenvalue weighted by Gasteiger charge is 2.10. The molecule has 0 spiro atoms. The van der Waals surface area contributed by atoms with Crippen molar-refractivity contribution in [3.8, 4) is 5.13 Å². The molecule has 0 aliphatic rings. The summed E-state index contributed by atoms with van der Waals surface area (Å²) >= 11 is 1.51. The van der Waals surface area contributed by atoms with Crippen LogP contribution in [0.15, 0.2) is 36.7 Å². The van der Waals surface area contributed by atoms with Gasteiger partial charge in [-0.2, -0.15) is 0 Å². The molecular formula is C16H15N3O2S. The Hall–Kier alpha value is -2.47. The maximum absolute atomic E-state index is 11.4. The molecule has 0 bridgehead atoms. The van der Waals surface area contributed by atoms with Gasteiger partial charge in [0.25, 0.3) is 0 Å². The van der Waals surface area contributed by atoms with Gasteiger partial charge in [0.2, 0.25) is 0 Å². The molecule has 0 saturated heterocycles. The van der Waals surface area contributed by atoms with E-state index in [0.717, 1.165) is 26.7 Å². The molecule has 0 aliphatic carbocycles. The summed E-state index contributed by atoms with van der Waals surface area (Å²) in [5.41, 5.74) is 2.81. The summed E-state index contributed by atoms with van der Waals surface area (Å²) in [7, 11) is 0. The summed E-state index contributed by atoms with van der Waals surface area (Å²) in [4.78, 5) is 21.3. The summed E-state index contributed by atoms with van der Waals surface area (Å²) in [5, 5.41) is 0.828. The van der Waals surface area contributed by atoms with E-state index in [9.17, 15) is 4.79 Å². The molecule has 1 aromatic carbocycles. The van der Waals surface area contributed by atoms with Gasteiger partial charge < -0.3 is 4.74 Å². The van der Waals surface area contributed by atoms with Crippen molar-refractivity contribution < 1.29 is 9.53 Å². The minimum atomic E-state index is -0.343. The van der Waals surface area contributed by atoms with Gasteiger partial charge in [-0.25, -0.2) is 14.8 Å². The second-order valence-corrected chi connectivity index (χ2v) is 5.64. The summed E-state index contributed by atoms with van der Waals surface area (Å²) in [6.45, 7) is 4.08. The van der Waals surface area contributed by atoms with Gasteiger partial charge in [0.05, 0.1) is 28.2 Å². The minimum absolute atomic E-state index is 0.343. The van der Waals surface area contributed by atoms with E-state index in [-0.39, 0.29) is 5.97 Å². The Balaban J connectivity index is 1.94. The molecule has 0 saturated carbocycles. The Morgan fingerprint density at radius 3 is 3.05 bits per heavy atom. The van der Waals surface area contributed by atoms with E-state index in [2.05, 4.69) is 9.97 Å². The highest BCUT2D eigenvalue weighted by Crippen LogP contribution is 2.25. The topological polar surface area (TPSA) is 57.0 Å². The number of esters is 1. The summed E-state index contributed by atoms with van der Waals surface area (Å²) in [6.07, 6.45) is 4.94. The van der Waals surface area contributed by atoms with Crippen LogP contribution < -0.4 is 0 Å². The number of imidazole rings is 1. The maximum Gasteiger partial charge on any atom is 0.330 e. The molecule has 0 unspecified atom stereocenters. The Labute approximate surface area is 131 Å². The third-order valence-corrected chi connectivity index (χ3v) is 4.26. The van der Waals surface area contributed by atoms with Crippen molar-refractivity contribution in [1.29, 1.82) is 0 Å². The number of carbonyl (C=O) groups excluding carboxylic acids is 1. The minimum Gasteiger partial charge on any atom is -0.463 e. The zero-order chi connectivity index (χ0) is 15.5. The molecule has 0 amide bonds. The van der Waals surface area contributed by atoms with Crippen LogP contribution in [-0.2, 0) is 9.53 Å². The highest BCUT2D eigenvalue weighted by molar-refractivity contribution is 7.15. The molecule has 6 heteroatoms. The van der Waals surface area contributed by atoms with Crippen LogP contribution in [0, 0.1) is 6.92 Å². The number of fused-ring (bicyclic) bond motifs is 1. The summed E-state index contributed by atoms with van der Waals surface area (Å²) in [5.74, 6) is -0.343. The fourth-order valence-electron chi connectivity index (χ4n) is 2.10. The van der Waals surface area contributed by atoms with Gasteiger partial charge in [-0.05, 0) is 32.1 Å². The zero-order valence-corrected chi connectivity index (χ0v) is 13.1. The van der Waals surface area contributed by atoms with Crippen molar-refractivity contribution >= 4 is 34.4 Å². The number of aromatic nitrogens is 3. The first-order chi connectivity index (χ1) is 10.7. The van der Waals surface area contributed by atoms with Crippen molar-refractivity contribution in [3.05, 3.63) is 47.2 Å². The number of hydrogen-bond acceptors (Lipinski definition) is 5. The van der Waals surface area contributed by atoms with Gasteiger partial charge in [0.1, 0.15) is 6.33 Å². The number of ether oxygens (including phenoxy) is 1. The van der Waals surface area contributed by atoms with E-state index in [4.69, 9.17) is 4.74 Å². The van der Waals surface area contributed by atoms with E-state index < -0.39 is 0 Å². The number of carbonyl (C=O) groups is 1. The largest absolute Gasteiger partial charge is 0.463 e. The zero-order valence-electron chi connectivity index (χ0n) is 12.3. The van der Waals surface area contributed by atoms with Gasteiger partial charge >= 0.3 is 5.97 Å². The van der Waals surface area contributed by atoms with Gasteiger partial charge in [-0.3, -0.25) is 4.57 Å². The second kappa shape index (κ2) is 6.11. The number of aryl methyl sites for hydroxylation is 1. The van der Waals surface area contributed by atoms with Crippen LogP contribution in [0.25, 0.3) is 22.2 Å². The normalized spacial score (nSPS) is 11.4. The van der Waals surface area contributed by atoms with Crippen LogP contribution in [-0.4, -0.2) is 27.1 Å². The smallest absolute Gasteiger partial charge is 0.330 e. The number of rotatable bonds is 4. The van der Waals surface area contributed by atoms with Crippen molar-refractivity contribution in [1.82, 2.24) is 14.5 Å². The molecule has 3 rings (SSSR count). The lowest BCUT2D eigenvalue weighted by molar-refractivity contribution is -0.137. The van der Waals surface area contributed by atoms with Crippen molar-refractivity contribution in [3.63, 3.8) is 0 Å². The Bertz CT molecular complexity index is 848. The molecule has 22 heavy (non-hydrogen) atoms. The number of para-hydroxylation sites is 2. The average Bonchev–Trinajstić information content (AvgIpc) is 3.09. The maximum atomic E-state index is 11.4. The number of thiazole rings is 1. The molecule has 3 aromatic rings. The first-order valence-corrected chi connectivity index (χ1v) is 7.75. The SMILES string of the molecule is CCOC(=O)C=Cc1sc(-n2cnc3ccccc32)nc1C. The first-order valence-electron chi connectivity index (χ1n) is 6.93. The van der Waals surface area contributed by atoms with Crippen molar-refractivity contribution in [2.24, 2.45) is 0 Å². The molecule has 112 valence electrons. The van der Waals surface area contributed by atoms with Crippen LogP contribution in [0.2, 0.25) is 0 Å². The van der Waals surface area contributed by atoms with Gasteiger partial charge in [-0.15, -0.1) is 0 Å². The van der Waals surface area contributed by atoms with E-state index in [0.29, 0.717) is 6.61 Å². The second-order valence-electron chi connectivity index (χ2n) is 4.63. The monoisotopic (exact) mass is 313 g/mol. The molecular weight excluding hydrogens is 298 g/mol. The van der Waals surface area contributed by atoms with Crippen LogP contribution in [0.3, 0.4) is 0 Å². The van der Waals surface area contributed by atoms with Crippen molar-refractivity contribution in [2.45, 2.75) is 13.8 Å². The van der Waals surface area contributed by atoms with Gasteiger partial charge in [-0.1, -0.05) is 23.5 Å². The highest BCUT2D eigenvalue weighted by atomic mass is 32.1. The number of nitrogens with zero attached hydrogens (tertiary/aromatic N) is 3.